The van der Waals surface area contributed by atoms with Crippen LogP contribution in [0.25, 0.3) is 0 Å². The van der Waals surface area contributed by atoms with Gasteiger partial charge in [-0.3, -0.25) is 0 Å². The van der Waals surface area contributed by atoms with Gasteiger partial charge in [-0.25, -0.2) is 0 Å². The van der Waals surface area contributed by atoms with Gasteiger partial charge in [-0.2, -0.15) is 11.8 Å². The highest BCUT2D eigenvalue weighted by atomic mass is 35.5. The highest BCUT2D eigenvalue weighted by Crippen LogP contribution is 2.31. The lowest BCUT2D eigenvalue weighted by molar-refractivity contribution is 0.281. The van der Waals surface area contributed by atoms with E-state index in [1.54, 1.807) is 0 Å². The van der Waals surface area contributed by atoms with Crippen molar-refractivity contribution in [3.63, 3.8) is 0 Å². The predicted molar refractivity (Wildman–Crippen MR) is 91.3 cm³/mol. The quantitative estimate of drug-likeness (QED) is 0.844. The van der Waals surface area contributed by atoms with Gasteiger partial charge in [0.25, 0.3) is 0 Å². The molecule has 1 aromatic rings. The van der Waals surface area contributed by atoms with E-state index in [9.17, 15) is 0 Å². The molecular weight excluding hydrogens is 311 g/mol. The Hall–Kier alpha value is 0.0700. The van der Waals surface area contributed by atoms with Crippen molar-refractivity contribution in [1.29, 1.82) is 0 Å². The van der Waals surface area contributed by atoms with E-state index in [2.05, 4.69) is 23.2 Å². The molecule has 1 fully saturated rings. The molecule has 2 rings (SSSR count). The van der Waals surface area contributed by atoms with E-state index in [1.165, 1.54) is 24.6 Å². The third kappa shape index (κ3) is 4.54. The molecule has 1 N–H and O–H groups in total. The summed E-state index contributed by atoms with van der Waals surface area (Å²) in [6.45, 7) is 6.58. The third-order valence-electron chi connectivity index (χ3n) is 3.65. The van der Waals surface area contributed by atoms with Crippen molar-refractivity contribution >= 4 is 35.0 Å². The normalized spacial score (nSPS) is 18.1. The maximum absolute atomic E-state index is 6.36. The van der Waals surface area contributed by atoms with Crippen molar-refractivity contribution in [2.45, 2.75) is 19.4 Å². The van der Waals surface area contributed by atoms with E-state index in [4.69, 9.17) is 23.2 Å². The first-order valence-corrected chi connectivity index (χ1v) is 9.10. The smallest absolute Gasteiger partial charge is 0.0640 e. The zero-order chi connectivity index (χ0) is 14.4. The molecule has 1 saturated heterocycles. The van der Waals surface area contributed by atoms with Gasteiger partial charge < -0.3 is 10.2 Å². The number of rotatable bonds is 6. The average molecular weight is 333 g/mol. The molecule has 1 aliphatic rings. The van der Waals surface area contributed by atoms with Gasteiger partial charge in [-0.1, -0.05) is 42.3 Å². The first-order chi connectivity index (χ1) is 9.72. The van der Waals surface area contributed by atoms with Crippen LogP contribution in [-0.2, 0) is 0 Å². The Morgan fingerprint density at radius 1 is 1.30 bits per heavy atom. The van der Waals surface area contributed by atoms with Gasteiger partial charge in [0.2, 0.25) is 0 Å². The molecule has 0 amide bonds. The van der Waals surface area contributed by atoms with Gasteiger partial charge in [-0.05, 0) is 24.6 Å². The van der Waals surface area contributed by atoms with Crippen LogP contribution in [0.4, 0.5) is 0 Å². The van der Waals surface area contributed by atoms with Gasteiger partial charge in [0.15, 0.2) is 0 Å². The van der Waals surface area contributed by atoms with Crippen LogP contribution in [0.5, 0.6) is 0 Å². The lowest BCUT2D eigenvalue weighted by Gasteiger charge is -2.28. The predicted octanol–water partition coefficient (Wildman–Crippen LogP) is 4.08. The summed E-state index contributed by atoms with van der Waals surface area (Å²) in [6, 6.07) is 6.18. The van der Waals surface area contributed by atoms with Gasteiger partial charge in [0.1, 0.15) is 0 Å². The molecule has 112 valence electrons. The summed E-state index contributed by atoms with van der Waals surface area (Å²) in [5.41, 5.74) is 1.12. The summed E-state index contributed by atoms with van der Waals surface area (Å²) in [7, 11) is 0. The van der Waals surface area contributed by atoms with E-state index in [0.29, 0.717) is 10.0 Å². The van der Waals surface area contributed by atoms with Crippen molar-refractivity contribution < 1.29 is 0 Å². The minimum absolute atomic E-state index is 0.278. The van der Waals surface area contributed by atoms with Crippen molar-refractivity contribution in [2.24, 2.45) is 0 Å². The van der Waals surface area contributed by atoms with Gasteiger partial charge in [0, 0.05) is 37.2 Å². The standard InChI is InChI=1S/C15H22Cl2N2S/c1-2-18-14(6-7-19-8-10-20-11-9-19)12-4-3-5-13(16)15(12)17/h3-5,14,18H,2,6-11H2,1H3. The van der Waals surface area contributed by atoms with Crippen LogP contribution in [-0.4, -0.2) is 42.6 Å². The molecule has 5 heteroatoms. The summed E-state index contributed by atoms with van der Waals surface area (Å²) in [5, 5.41) is 4.86. The first kappa shape index (κ1) is 16.4. The van der Waals surface area contributed by atoms with Gasteiger partial charge in [-0.15, -0.1) is 0 Å². The second kappa shape index (κ2) is 8.50. The summed E-state index contributed by atoms with van der Waals surface area (Å²) in [6.07, 6.45) is 1.07. The number of hydrogen-bond acceptors (Lipinski definition) is 3. The summed E-state index contributed by atoms with van der Waals surface area (Å²) < 4.78 is 0. The highest BCUT2D eigenvalue weighted by Gasteiger charge is 2.18. The molecule has 0 spiro atoms. The number of hydrogen-bond donors (Lipinski definition) is 1. The largest absolute Gasteiger partial charge is 0.310 e. The van der Waals surface area contributed by atoms with E-state index in [-0.39, 0.29) is 6.04 Å². The second-order valence-corrected chi connectivity index (χ2v) is 7.01. The van der Waals surface area contributed by atoms with E-state index < -0.39 is 0 Å². The molecule has 20 heavy (non-hydrogen) atoms. The minimum Gasteiger partial charge on any atom is -0.310 e. The Kier molecular flexibility index (Phi) is 6.99. The number of benzene rings is 1. The fourth-order valence-electron chi connectivity index (χ4n) is 2.54. The third-order valence-corrected chi connectivity index (χ3v) is 5.42. The fraction of sp³-hybridized carbons (Fsp3) is 0.600. The molecule has 2 nitrogen and oxygen atoms in total. The summed E-state index contributed by atoms with van der Waals surface area (Å²) >= 11 is 14.5. The second-order valence-electron chi connectivity index (χ2n) is 5.00. The molecule has 0 radical (unpaired) electrons. The average Bonchev–Trinajstić information content (AvgIpc) is 2.48. The maximum Gasteiger partial charge on any atom is 0.0640 e. The van der Waals surface area contributed by atoms with Crippen molar-refractivity contribution in [2.75, 3.05) is 37.7 Å². The molecule has 0 saturated carbocycles. The Balaban J connectivity index is 2.00. The highest BCUT2D eigenvalue weighted by molar-refractivity contribution is 7.99. The van der Waals surface area contributed by atoms with E-state index in [1.807, 2.05) is 23.9 Å². The monoisotopic (exact) mass is 332 g/mol. The molecule has 0 bridgehead atoms. The fourth-order valence-corrected chi connectivity index (χ4v) is 3.96. The molecular formula is C15H22Cl2N2S. The number of nitrogens with zero attached hydrogens (tertiary/aromatic N) is 1. The molecule has 1 atom stereocenters. The lowest BCUT2D eigenvalue weighted by Crippen LogP contribution is -2.35. The van der Waals surface area contributed by atoms with Crippen LogP contribution in [0.2, 0.25) is 10.0 Å². The van der Waals surface area contributed by atoms with Crippen molar-refractivity contribution in [3.05, 3.63) is 33.8 Å². The van der Waals surface area contributed by atoms with Crippen LogP contribution in [0.1, 0.15) is 24.9 Å². The summed E-state index contributed by atoms with van der Waals surface area (Å²) in [5.74, 6) is 2.51. The van der Waals surface area contributed by atoms with Gasteiger partial charge >= 0.3 is 0 Å². The van der Waals surface area contributed by atoms with Crippen LogP contribution in [0, 0.1) is 0 Å². The Labute approximate surface area is 136 Å². The molecule has 0 aromatic heterocycles. The van der Waals surface area contributed by atoms with Crippen LogP contribution < -0.4 is 5.32 Å². The van der Waals surface area contributed by atoms with Gasteiger partial charge in [0.05, 0.1) is 10.0 Å². The molecule has 1 unspecified atom stereocenters. The summed E-state index contributed by atoms with van der Waals surface area (Å²) in [4.78, 5) is 2.54. The van der Waals surface area contributed by atoms with Crippen LogP contribution in [0.3, 0.4) is 0 Å². The zero-order valence-corrected chi connectivity index (χ0v) is 14.2. The SMILES string of the molecule is CCNC(CCN1CCSCC1)c1cccc(Cl)c1Cl. The molecule has 1 aliphatic heterocycles. The Morgan fingerprint density at radius 3 is 2.75 bits per heavy atom. The first-order valence-electron chi connectivity index (χ1n) is 7.19. The van der Waals surface area contributed by atoms with Crippen LogP contribution in [0.15, 0.2) is 18.2 Å². The molecule has 1 aromatic carbocycles. The number of nitrogens with one attached hydrogen (secondary N) is 1. The topological polar surface area (TPSA) is 15.3 Å². The van der Waals surface area contributed by atoms with E-state index >= 15 is 0 Å². The van der Waals surface area contributed by atoms with Crippen molar-refractivity contribution in [3.8, 4) is 0 Å². The van der Waals surface area contributed by atoms with E-state index in [0.717, 1.165) is 25.1 Å². The maximum atomic E-state index is 6.36. The Bertz CT molecular complexity index is 422. The zero-order valence-electron chi connectivity index (χ0n) is 11.9. The lowest BCUT2D eigenvalue weighted by atomic mass is 10.0. The van der Waals surface area contributed by atoms with Crippen LogP contribution >= 0.6 is 35.0 Å². The molecule has 0 aliphatic carbocycles. The Morgan fingerprint density at radius 2 is 2.05 bits per heavy atom. The number of halogens is 2. The molecule has 1 heterocycles. The minimum atomic E-state index is 0.278. The number of thioether (sulfide) groups is 1. The van der Waals surface area contributed by atoms with Crippen molar-refractivity contribution in [1.82, 2.24) is 10.2 Å².